The molecule has 3 aromatic rings. The molecule has 1 aliphatic rings. The lowest BCUT2D eigenvalue weighted by molar-refractivity contribution is -0.117. The van der Waals surface area contributed by atoms with Gasteiger partial charge >= 0.3 is 0 Å². The highest BCUT2D eigenvalue weighted by Gasteiger charge is 2.23. The van der Waals surface area contributed by atoms with E-state index in [0.29, 0.717) is 17.9 Å². The van der Waals surface area contributed by atoms with Gasteiger partial charge in [0.15, 0.2) is 0 Å². The van der Waals surface area contributed by atoms with Gasteiger partial charge in [-0.05, 0) is 67.1 Å². The summed E-state index contributed by atoms with van der Waals surface area (Å²) in [7, 11) is 1.62. The van der Waals surface area contributed by atoms with Crippen molar-refractivity contribution >= 4 is 23.1 Å². The van der Waals surface area contributed by atoms with Crippen LogP contribution in [0.2, 0.25) is 0 Å². The maximum atomic E-state index is 12.9. The molecule has 3 heterocycles. The van der Waals surface area contributed by atoms with E-state index in [1.807, 2.05) is 42.7 Å². The van der Waals surface area contributed by atoms with Gasteiger partial charge in [0.25, 0.3) is 0 Å². The number of nitrogens with one attached hydrogen (secondary N) is 1. The molecule has 7 heteroatoms. The number of aromatic nitrogens is 1. The van der Waals surface area contributed by atoms with E-state index >= 15 is 0 Å². The smallest absolute Gasteiger partial charge is 0.239 e. The standard InChI is InChI=1S/C23H24N4O2S/c1-15-16(2)27(18-4-6-19(29-3)7-5-18)23(20(15)12-24)25-22(28)14-26-10-8-21-17(13-26)9-11-30-21/h4-7,9,11H,8,10,13-14H2,1-3H3,(H,25,28). The molecule has 6 nitrogen and oxygen atoms in total. The molecule has 1 amide bonds. The second-order valence-corrected chi connectivity index (χ2v) is 8.46. The first-order valence-electron chi connectivity index (χ1n) is 9.85. The van der Waals surface area contributed by atoms with Gasteiger partial charge in [0.05, 0.1) is 19.2 Å². The highest BCUT2D eigenvalue weighted by Crippen LogP contribution is 2.31. The number of amides is 1. The summed E-state index contributed by atoms with van der Waals surface area (Å²) in [4.78, 5) is 16.5. The van der Waals surface area contributed by atoms with Crippen molar-refractivity contribution in [3.05, 3.63) is 63.0 Å². The minimum absolute atomic E-state index is 0.113. The first-order chi connectivity index (χ1) is 14.5. The number of ether oxygens (including phenoxy) is 1. The zero-order valence-electron chi connectivity index (χ0n) is 17.4. The zero-order valence-corrected chi connectivity index (χ0v) is 18.2. The third-order valence-corrected chi connectivity index (χ3v) is 6.69. The lowest BCUT2D eigenvalue weighted by Crippen LogP contribution is -2.37. The van der Waals surface area contributed by atoms with Crippen LogP contribution in [-0.2, 0) is 17.8 Å². The molecule has 2 aromatic heterocycles. The van der Waals surface area contributed by atoms with Crippen LogP contribution in [0.5, 0.6) is 5.75 Å². The van der Waals surface area contributed by atoms with E-state index in [2.05, 4.69) is 27.7 Å². The predicted molar refractivity (Wildman–Crippen MR) is 118 cm³/mol. The summed E-state index contributed by atoms with van der Waals surface area (Å²) in [6.07, 6.45) is 0.976. The summed E-state index contributed by atoms with van der Waals surface area (Å²) < 4.78 is 7.18. The second-order valence-electron chi connectivity index (χ2n) is 7.46. The molecule has 0 spiro atoms. The molecule has 0 fully saturated rings. The number of anilines is 1. The Bertz CT molecular complexity index is 1120. The summed E-state index contributed by atoms with van der Waals surface area (Å²) in [6, 6.07) is 12.0. The molecule has 1 aromatic carbocycles. The number of hydrogen-bond acceptors (Lipinski definition) is 5. The van der Waals surface area contributed by atoms with Crippen molar-refractivity contribution in [2.24, 2.45) is 0 Å². The molecule has 0 unspecified atom stereocenters. The Balaban J connectivity index is 1.59. The van der Waals surface area contributed by atoms with Crippen LogP contribution in [-0.4, -0.2) is 35.6 Å². The van der Waals surface area contributed by atoms with Gasteiger partial charge in [-0.3, -0.25) is 14.3 Å². The number of benzene rings is 1. The van der Waals surface area contributed by atoms with Crippen LogP contribution in [0.15, 0.2) is 35.7 Å². The first-order valence-corrected chi connectivity index (χ1v) is 10.7. The number of methoxy groups -OCH3 is 1. The van der Waals surface area contributed by atoms with Crippen LogP contribution in [0.4, 0.5) is 5.82 Å². The van der Waals surface area contributed by atoms with E-state index in [0.717, 1.165) is 42.2 Å². The van der Waals surface area contributed by atoms with Crippen LogP contribution >= 0.6 is 11.3 Å². The molecule has 0 saturated heterocycles. The molecule has 0 aliphatic carbocycles. The number of fused-ring (bicyclic) bond motifs is 1. The largest absolute Gasteiger partial charge is 0.497 e. The number of hydrogen-bond donors (Lipinski definition) is 1. The molecular weight excluding hydrogens is 396 g/mol. The Morgan fingerprint density at radius 2 is 2.03 bits per heavy atom. The highest BCUT2D eigenvalue weighted by molar-refractivity contribution is 7.10. The number of carbonyl (C=O) groups excluding carboxylic acids is 1. The summed E-state index contributed by atoms with van der Waals surface area (Å²) in [5, 5.41) is 14.9. The van der Waals surface area contributed by atoms with Crippen molar-refractivity contribution in [2.75, 3.05) is 25.5 Å². The van der Waals surface area contributed by atoms with E-state index in [4.69, 9.17) is 4.74 Å². The van der Waals surface area contributed by atoms with Crippen molar-refractivity contribution in [3.8, 4) is 17.5 Å². The predicted octanol–water partition coefficient (Wildman–Crippen LogP) is 4.03. The van der Waals surface area contributed by atoms with Crippen LogP contribution < -0.4 is 10.1 Å². The van der Waals surface area contributed by atoms with Gasteiger partial charge in [-0.2, -0.15) is 5.26 Å². The Hall–Kier alpha value is -3.08. The van der Waals surface area contributed by atoms with Gasteiger partial charge in [0.2, 0.25) is 5.91 Å². The fourth-order valence-corrected chi connectivity index (χ4v) is 4.82. The Labute approximate surface area is 180 Å². The van der Waals surface area contributed by atoms with E-state index in [1.54, 1.807) is 18.4 Å². The zero-order chi connectivity index (χ0) is 21.3. The van der Waals surface area contributed by atoms with Crippen LogP contribution in [0, 0.1) is 25.2 Å². The van der Waals surface area contributed by atoms with E-state index in [1.165, 1.54) is 10.4 Å². The molecule has 4 rings (SSSR count). The number of rotatable bonds is 5. The van der Waals surface area contributed by atoms with Gasteiger partial charge in [-0.15, -0.1) is 11.3 Å². The van der Waals surface area contributed by atoms with E-state index in [-0.39, 0.29) is 5.91 Å². The van der Waals surface area contributed by atoms with Gasteiger partial charge in [-0.1, -0.05) is 0 Å². The molecular formula is C23H24N4O2S. The minimum Gasteiger partial charge on any atom is -0.497 e. The van der Waals surface area contributed by atoms with Crippen molar-refractivity contribution in [1.29, 1.82) is 5.26 Å². The lowest BCUT2D eigenvalue weighted by atomic mass is 10.1. The van der Waals surface area contributed by atoms with Gasteiger partial charge in [-0.25, -0.2) is 0 Å². The summed E-state index contributed by atoms with van der Waals surface area (Å²) in [5.41, 5.74) is 4.46. The number of thiophene rings is 1. The van der Waals surface area contributed by atoms with Gasteiger partial charge in [0.1, 0.15) is 17.6 Å². The Kier molecular flexibility index (Phi) is 5.62. The molecule has 0 saturated carbocycles. The number of nitriles is 1. The monoisotopic (exact) mass is 420 g/mol. The number of nitrogens with zero attached hydrogens (tertiary/aromatic N) is 3. The lowest BCUT2D eigenvalue weighted by Gasteiger charge is -2.26. The molecule has 0 atom stereocenters. The van der Waals surface area contributed by atoms with Crippen molar-refractivity contribution in [3.63, 3.8) is 0 Å². The quantitative estimate of drug-likeness (QED) is 0.676. The molecule has 0 bridgehead atoms. The van der Waals surface area contributed by atoms with Crippen LogP contribution in [0.25, 0.3) is 5.69 Å². The molecule has 30 heavy (non-hydrogen) atoms. The van der Waals surface area contributed by atoms with Crippen LogP contribution in [0.3, 0.4) is 0 Å². The molecule has 0 radical (unpaired) electrons. The first kappa shape index (κ1) is 20.2. The summed E-state index contributed by atoms with van der Waals surface area (Å²) in [5.74, 6) is 1.16. The SMILES string of the molecule is COc1ccc(-n2c(C)c(C)c(C#N)c2NC(=O)CN2CCc3sccc3C2)cc1. The van der Waals surface area contributed by atoms with Gasteiger partial charge in [0, 0.05) is 29.3 Å². The van der Waals surface area contributed by atoms with Crippen molar-refractivity contribution in [1.82, 2.24) is 9.47 Å². The van der Waals surface area contributed by atoms with Crippen molar-refractivity contribution < 1.29 is 9.53 Å². The molecule has 1 aliphatic heterocycles. The van der Waals surface area contributed by atoms with E-state index < -0.39 is 0 Å². The van der Waals surface area contributed by atoms with Crippen LogP contribution in [0.1, 0.15) is 27.3 Å². The third kappa shape index (κ3) is 3.72. The Morgan fingerprint density at radius 3 is 2.73 bits per heavy atom. The maximum Gasteiger partial charge on any atom is 0.239 e. The number of carbonyl (C=O) groups is 1. The second kappa shape index (κ2) is 8.34. The Morgan fingerprint density at radius 1 is 1.27 bits per heavy atom. The average molecular weight is 421 g/mol. The van der Waals surface area contributed by atoms with Crippen molar-refractivity contribution in [2.45, 2.75) is 26.8 Å². The molecule has 1 N–H and O–H groups in total. The van der Waals surface area contributed by atoms with E-state index in [9.17, 15) is 10.1 Å². The summed E-state index contributed by atoms with van der Waals surface area (Å²) >= 11 is 1.78. The average Bonchev–Trinajstić information content (AvgIpc) is 3.30. The minimum atomic E-state index is -0.113. The normalized spacial score (nSPS) is 13.5. The molecule has 154 valence electrons. The third-order valence-electron chi connectivity index (χ3n) is 5.67. The summed E-state index contributed by atoms with van der Waals surface area (Å²) in [6.45, 7) is 5.82. The fourth-order valence-electron chi connectivity index (χ4n) is 3.93. The highest BCUT2D eigenvalue weighted by atomic mass is 32.1. The topological polar surface area (TPSA) is 70.3 Å². The van der Waals surface area contributed by atoms with Gasteiger partial charge < -0.3 is 10.1 Å². The maximum absolute atomic E-state index is 12.9. The fraction of sp³-hybridized carbons (Fsp3) is 0.304.